The highest BCUT2D eigenvalue weighted by Crippen LogP contribution is 2.10. The summed E-state index contributed by atoms with van der Waals surface area (Å²) in [5.74, 6) is 0.774. The summed E-state index contributed by atoms with van der Waals surface area (Å²) in [5, 5.41) is 10.6. The molecule has 2 aromatic rings. The number of aryl methyl sites for hydroxylation is 1. The van der Waals surface area contributed by atoms with Crippen molar-refractivity contribution in [2.24, 2.45) is 7.05 Å². The van der Waals surface area contributed by atoms with E-state index in [4.69, 9.17) is 0 Å². The van der Waals surface area contributed by atoms with Crippen LogP contribution in [0.5, 0.6) is 0 Å². The van der Waals surface area contributed by atoms with Crippen LogP contribution in [0.1, 0.15) is 16.2 Å². The molecule has 0 radical (unpaired) electrons. The van der Waals surface area contributed by atoms with Crippen LogP contribution in [-0.2, 0) is 13.5 Å². The molecule has 0 saturated carbocycles. The highest BCUT2D eigenvalue weighted by atomic mass is 79.9. The van der Waals surface area contributed by atoms with Crippen LogP contribution < -0.4 is 5.32 Å². The second-order valence-electron chi connectivity index (χ2n) is 3.87. The number of carbonyl (C=O) groups excluding carboxylic acids is 1. The molecule has 5 nitrogen and oxygen atoms in total. The summed E-state index contributed by atoms with van der Waals surface area (Å²) in [7, 11) is 1.88. The Morgan fingerprint density at radius 3 is 2.72 bits per heavy atom. The molecule has 94 valence electrons. The van der Waals surface area contributed by atoms with E-state index in [0.717, 1.165) is 10.3 Å². The van der Waals surface area contributed by atoms with Gasteiger partial charge in [-0.25, -0.2) is 0 Å². The van der Waals surface area contributed by atoms with Gasteiger partial charge >= 0.3 is 0 Å². The molecule has 1 aromatic heterocycles. The molecule has 1 heterocycles. The van der Waals surface area contributed by atoms with Gasteiger partial charge in [0.15, 0.2) is 0 Å². The van der Waals surface area contributed by atoms with Crippen molar-refractivity contribution in [3.63, 3.8) is 0 Å². The highest BCUT2D eigenvalue weighted by Gasteiger charge is 2.05. The minimum absolute atomic E-state index is 0.0790. The van der Waals surface area contributed by atoms with Crippen molar-refractivity contribution in [1.29, 1.82) is 0 Å². The number of hydrogen-bond donors (Lipinski definition) is 1. The molecular weight excluding hydrogens is 296 g/mol. The Kier molecular flexibility index (Phi) is 4.09. The van der Waals surface area contributed by atoms with Crippen LogP contribution in [0.2, 0.25) is 0 Å². The second kappa shape index (κ2) is 5.77. The number of nitrogens with zero attached hydrogens (tertiary/aromatic N) is 3. The molecule has 1 amide bonds. The van der Waals surface area contributed by atoms with Gasteiger partial charge in [0.1, 0.15) is 12.2 Å². The Morgan fingerprint density at radius 1 is 1.39 bits per heavy atom. The summed E-state index contributed by atoms with van der Waals surface area (Å²) in [4.78, 5) is 11.8. The summed E-state index contributed by atoms with van der Waals surface area (Å²) in [6.07, 6.45) is 2.31. The summed E-state index contributed by atoms with van der Waals surface area (Å²) >= 11 is 3.33. The lowest BCUT2D eigenvalue weighted by Crippen LogP contribution is -2.26. The first kappa shape index (κ1) is 12.8. The van der Waals surface area contributed by atoms with E-state index in [0.29, 0.717) is 18.5 Å². The first-order chi connectivity index (χ1) is 8.66. The smallest absolute Gasteiger partial charge is 0.251 e. The number of hydrogen-bond acceptors (Lipinski definition) is 3. The van der Waals surface area contributed by atoms with Crippen molar-refractivity contribution in [1.82, 2.24) is 20.1 Å². The lowest BCUT2D eigenvalue weighted by Gasteiger charge is -2.05. The van der Waals surface area contributed by atoms with Gasteiger partial charge in [0.2, 0.25) is 0 Å². The molecule has 0 aliphatic rings. The number of rotatable bonds is 4. The van der Waals surface area contributed by atoms with Gasteiger partial charge in [-0.3, -0.25) is 4.79 Å². The molecule has 1 aromatic carbocycles. The first-order valence-electron chi connectivity index (χ1n) is 5.53. The average Bonchev–Trinajstić information content (AvgIpc) is 2.76. The number of benzene rings is 1. The lowest BCUT2D eigenvalue weighted by atomic mass is 10.2. The van der Waals surface area contributed by atoms with E-state index in [1.54, 1.807) is 18.5 Å². The minimum atomic E-state index is -0.0790. The quantitative estimate of drug-likeness (QED) is 0.932. The van der Waals surface area contributed by atoms with E-state index in [1.807, 2.05) is 23.7 Å². The predicted molar refractivity (Wildman–Crippen MR) is 71.2 cm³/mol. The predicted octanol–water partition coefficient (Wildman–Crippen LogP) is 1.55. The normalized spacial score (nSPS) is 10.3. The van der Waals surface area contributed by atoms with Gasteiger partial charge < -0.3 is 9.88 Å². The summed E-state index contributed by atoms with van der Waals surface area (Å²) in [6, 6.07) is 7.25. The molecule has 6 heteroatoms. The number of nitrogens with one attached hydrogen (secondary N) is 1. The van der Waals surface area contributed by atoms with Crippen LogP contribution >= 0.6 is 15.9 Å². The molecule has 0 unspecified atom stereocenters. The molecule has 0 aliphatic heterocycles. The van der Waals surface area contributed by atoms with Gasteiger partial charge in [-0.1, -0.05) is 15.9 Å². The molecule has 0 bridgehead atoms. The van der Waals surface area contributed by atoms with Gasteiger partial charge in [-0.05, 0) is 24.3 Å². The van der Waals surface area contributed by atoms with Crippen molar-refractivity contribution in [3.05, 3.63) is 46.5 Å². The number of aromatic nitrogens is 3. The van der Waals surface area contributed by atoms with Crippen LogP contribution in [-0.4, -0.2) is 27.2 Å². The third-order valence-electron chi connectivity index (χ3n) is 2.55. The zero-order valence-electron chi connectivity index (χ0n) is 9.93. The van der Waals surface area contributed by atoms with Crippen molar-refractivity contribution < 1.29 is 4.79 Å². The van der Waals surface area contributed by atoms with Crippen LogP contribution in [0.3, 0.4) is 0 Å². The largest absolute Gasteiger partial charge is 0.352 e. The van der Waals surface area contributed by atoms with E-state index in [9.17, 15) is 4.79 Å². The SMILES string of the molecule is Cn1cnnc1CCNC(=O)c1ccc(Br)cc1. The van der Waals surface area contributed by atoms with Crippen LogP contribution in [0, 0.1) is 0 Å². The van der Waals surface area contributed by atoms with Crippen LogP contribution in [0.4, 0.5) is 0 Å². The number of halogens is 1. The average molecular weight is 309 g/mol. The third kappa shape index (κ3) is 3.16. The van der Waals surface area contributed by atoms with Gasteiger partial charge in [0, 0.05) is 30.0 Å². The Balaban J connectivity index is 1.85. The van der Waals surface area contributed by atoms with E-state index >= 15 is 0 Å². The van der Waals surface area contributed by atoms with Crippen molar-refractivity contribution in [2.75, 3.05) is 6.54 Å². The van der Waals surface area contributed by atoms with Gasteiger partial charge in [-0.2, -0.15) is 0 Å². The van der Waals surface area contributed by atoms with Crippen molar-refractivity contribution >= 4 is 21.8 Å². The summed E-state index contributed by atoms with van der Waals surface area (Å²) in [6.45, 7) is 0.543. The van der Waals surface area contributed by atoms with Crippen molar-refractivity contribution in [2.45, 2.75) is 6.42 Å². The molecular formula is C12H13BrN4O. The van der Waals surface area contributed by atoms with Gasteiger partial charge in [0.05, 0.1) is 0 Å². The fraction of sp³-hybridized carbons (Fsp3) is 0.250. The summed E-state index contributed by atoms with van der Waals surface area (Å²) in [5.41, 5.74) is 0.649. The maximum Gasteiger partial charge on any atom is 0.251 e. The fourth-order valence-electron chi connectivity index (χ4n) is 1.52. The molecule has 1 N–H and O–H groups in total. The van der Waals surface area contributed by atoms with E-state index < -0.39 is 0 Å². The zero-order valence-corrected chi connectivity index (χ0v) is 11.5. The Morgan fingerprint density at radius 2 is 2.11 bits per heavy atom. The Hall–Kier alpha value is -1.69. The van der Waals surface area contributed by atoms with Gasteiger partial charge in [0.25, 0.3) is 5.91 Å². The topological polar surface area (TPSA) is 59.8 Å². The highest BCUT2D eigenvalue weighted by molar-refractivity contribution is 9.10. The molecule has 0 spiro atoms. The molecule has 0 atom stereocenters. The van der Waals surface area contributed by atoms with E-state index in [-0.39, 0.29) is 5.91 Å². The van der Waals surface area contributed by atoms with Crippen molar-refractivity contribution in [3.8, 4) is 0 Å². The lowest BCUT2D eigenvalue weighted by molar-refractivity contribution is 0.0954. The maximum atomic E-state index is 11.8. The van der Waals surface area contributed by atoms with Crippen LogP contribution in [0.25, 0.3) is 0 Å². The Labute approximate surface area is 113 Å². The first-order valence-corrected chi connectivity index (χ1v) is 6.33. The maximum absolute atomic E-state index is 11.8. The number of carbonyl (C=O) groups is 1. The molecule has 18 heavy (non-hydrogen) atoms. The summed E-state index contributed by atoms with van der Waals surface area (Å²) < 4.78 is 2.80. The molecule has 2 rings (SSSR count). The Bertz CT molecular complexity index is 535. The molecule has 0 saturated heterocycles. The van der Waals surface area contributed by atoms with E-state index in [2.05, 4.69) is 31.4 Å². The minimum Gasteiger partial charge on any atom is -0.352 e. The standard InChI is InChI=1S/C12H13BrN4O/c1-17-8-15-16-11(17)6-7-14-12(18)9-2-4-10(13)5-3-9/h2-5,8H,6-7H2,1H3,(H,14,18). The second-order valence-corrected chi connectivity index (χ2v) is 4.79. The molecule has 0 fully saturated rings. The fourth-order valence-corrected chi connectivity index (χ4v) is 1.79. The van der Waals surface area contributed by atoms with Crippen LogP contribution in [0.15, 0.2) is 35.1 Å². The molecule has 0 aliphatic carbocycles. The number of amides is 1. The van der Waals surface area contributed by atoms with Gasteiger partial charge in [-0.15, -0.1) is 10.2 Å². The monoisotopic (exact) mass is 308 g/mol. The van der Waals surface area contributed by atoms with E-state index in [1.165, 1.54) is 0 Å². The third-order valence-corrected chi connectivity index (χ3v) is 3.07. The zero-order chi connectivity index (χ0) is 13.0.